The van der Waals surface area contributed by atoms with Gasteiger partial charge in [-0.3, -0.25) is 14.5 Å². The van der Waals surface area contributed by atoms with E-state index >= 15 is 0 Å². The highest BCUT2D eigenvalue weighted by atomic mass is 32.1. The number of rotatable bonds is 6. The zero-order valence-electron chi connectivity index (χ0n) is 11.8. The van der Waals surface area contributed by atoms with Gasteiger partial charge in [0, 0.05) is 19.0 Å². The minimum absolute atomic E-state index is 0.0784. The fourth-order valence-corrected chi connectivity index (χ4v) is 3.32. The molecular weight excluding hydrogens is 304 g/mol. The van der Waals surface area contributed by atoms with E-state index in [-0.39, 0.29) is 11.9 Å². The van der Waals surface area contributed by atoms with E-state index in [0.717, 1.165) is 10.7 Å². The molecule has 1 atom stereocenters. The zero-order chi connectivity index (χ0) is 14.8. The molecule has 0 spiro atoms. The Balaban J connectivity index is 1.63. The van der Waals surface area contributed by atoms with Gasteiger partial charge in [0.05, 0.1) is 4.88 Å². The first-order chi connectivity index (χ1) is 10.1. The zero-order valence-corrected chi connectivity index (χ0v) is 13.5. The molecule has 3 rings (SSSR count). The highest BCUT2D eigenvalue weighted by Gasteiger charge is 2.28. The minimum atomic E-state index is 0.0784. The second kappa shape index (κ2) is 6.11. The van der Waals surface area contributed by atoms with E-state index in [1.165, 1.54) is 12.8 Å². The number of amides is 1. The van der Waals surface area contributed by atoms with Crippen molar-refractivity contribution in [3.05, 3.63) is 22.3 Å². The predicted octanol–water partition coefficient (Wildman–Crippen LogP) is 2.97. The van der Waals surface area contributed by atoms with E-state index in [4.69, 9.17) is 12.2 Å². The molecule has 1 unspecified atom stereocenters. The molecule has 7 heteroatoms. The van der Waals surface area contributed by atoms with Crippen LogP contribution in [0.25, 0.3) is 10.7 Å². The highest BCUT2D eigenvalue weighted by Crippen LogP contribution is 2.32. The maximum absolute atomic E-state index is 12.0. The number of aromatic amines is 1. The number of aromatic nitrogens is 3. The van der Waals surface area contributed by atoms with Crippen molar-refractivity contribution in [3.8, 4) is 10.7 Å². The maximum Gasteiger partial charge on any atom is 0.222 e. The number of thiophene rings is 1. The highest BCUT2D eigenvalue weighted by molar-refractivity contribution is 7.71. The smallest absolute Gasteiger partial charge is 0.222 e. The molecule has 0 saturated heterocycles. The molecule has 0 aromatic carbocycles. The Morgan fingerprint density at radius 3 is 3.14 bits per heavy atom. The SMILES string of the molecule is CC(NC(=O)CCn1c(-c2cccs2)n[nH]c1=S)C1CC1. The summed E-state index contributed by atoms with van der Waals surface area (Å²) in [5, 5.41) is 12.1. The van der Waals surface area contributed by atoms with Crippen molar-refractivity contribution in [1.29, 1.82) is 0 Å². The van der Waals surface area contributed by atoms with Crippen LogP contribution in [0.2, 0.25) is 0 Å². The van der Waals surface area contributed by atoms with Gasteiger partial charge in [-0.25, -0.2) is 0 Å². The fourth-order valence-electron chi connectivity index (χ4n) is 2.37. The van der Waals surface area contributed by atoms with Crippen LogP contribution in [0.1, 0.15) is 26.2 Å². The van der Waals surface area contributed by atoms with Crippen LogP contribution in [-0.2, 0) is 11.3 Å². The average Bonchev–Trinajstić information content (AvgIpc) is 3.05. The first kappa shape index (κ1) is 14.5. The quantitative estimate of drug-likeness (QED) is 0.804. The molecule has 1 aliphatic rings. The molecule has 5 nitrogen and oxygen atoms in total. The molecule has 2 aromatic heterocycles. The van der Waals surface area contributed by atoms with Gasteiger partial charge < -0.3 is 5.32 Å². The number of nitrogens with one attached hydrogen (secondary N) is 2. The molecule has 0 aliphatic heterocycles. The van der Waals surface area contributed by atoms with E-state index in [2.05, 4.69) is 22.4 Å². The van der Waals surface area contributed by atoms with Crippen LogP contribution in [0.3, 0.4) is 0 Å². The molecular formula is C14H18N4OS2. The molecule has 2 N–H and O–H groups in total. The van der Waals surface area contributed by atoms with Crippen molar-refractivity contribution in [2.75, 3.05) is 0 Å². The fraction of sp³-hybridized carbons (Fsp3) is 0.500. The number of nitrogens with zero attached hydrogens (tertiary/aromatic N) is 2. The molecule has 0 radical (unpaired) electrons. The number of H-pyrrole nitrogens is 1. The lowest BCUT2D eigenvalue weighted by atomic mass is 10.2. The van der Waals surface area contributed by atoms with Crippen LogP contribution in [0.5, 0.6) is 0 Å². The Kier molecular flexibility index (Phi) is 4.21. The molecule has 1 amide bonds. The average molecular weight is 322 g/mol. The molecule has 2 heterocycles. The number of carbonyl (C=O) groups is 1. The lowest BCUT2D eigenvalue weighted by molar-refractivity contribution is -0.122. The van der Waals surface area contributed by atoms with Crippen LogP contribution in [0.15, 0.2) is 17.5 Å². The monoisotopic (exact) mass is 322 g/mol. The summed E-state index contributed by atoms with van der Waals surface area (Å²) in [7, 11) is 0. The molecule has 2 aromatic rings. The van der Waals surface area contributed by atoms with Gasteiger partial charge in [0.1, 0.15) is 0 Å². The third kappa shape index (κ3) is 3.41. The molecule has 21 heavy (non-hydrogen) atoms. The second-order valence-electron chi connectivity index (χ2n) is 5.42. The van der Waals surface area contributed by atoms with Crippen LogP contribution >= 0.6 is 23.6 Å². The Hall–Kier alpha value is -1.47. The molecule has 1 fully saturated rings. The summed E-state index contributed by atoms with van der Waals surface area (Å²) in [4.78, 5) is 13.1. The van der Waals surface area contributed by atoms with Crippen molar-refractivity contribution in [2.24, 2.45) is 5.92 Å². The van der Waals surface area contributed by atoms with Crippen LogP contribution in [0, 0.1) is 10.7 Å². The minimum Gasteiger partial charge on any atom is -0.353 e. The summed E-state index contributed by atoms with van der Waals surface area (Å²) >= 11 is 6.87. The predicted molar refractivity (Wildman–Crippen MR) is 85.7 cm³/mol. The van der Waals surface area contributed by atoms with Crippen LogP contribution < -0.4 is 5.32 Å². The summed E-state index contributed by atoms with van der Waals surface area (Å²) < 4.78 is 2.45. The van der Waals surface area contributed by atoms with E-state index in [1.54, 1.807) is 11.3 Å². The summed E-state index contributed by atoms with van der Waals surface area (Å²) in [6.45, 7) is 2.63. The molecule has 0 bridgehead atoms. The summed E-state index contributed by atoms with van der Waals surface area (Å²) in [5.74, 6) is 1.55. The van der Waals surface area contributed by atoms with Gasteiger partial charge in [0.2, 0.25) is 5.91 Å². The lowest BCUT2D eigenvalue weighted by Crippen LogP contribution is -2.34. The maximum atomic E-state index is 12.0. The van der Waals surface area contributed by atoms with Crippen LogP contribution in [-0.4, -0.2) is 26.7 Å². The Labute approximate surface area is 132 Å². The van der Waals surface area contributed by atoms with E-state index < -0.39 is 0 Å². The number of hydrogen-bond acceptors (Lipinski definition) is 4. The van der Waals surface area contributed by atoms with Gasteiger partial charge in [0.15, 0.2) is 10.6 Å². The molecule has 1 saturated carbocycles. The van der Waals surface area contributed by atoms with Crippen molar-refractivity contribution in [3.63, 3.8) is 0 Å². The summed E-state index contributed by atoms with van der Waals surface area (Å²) in [6, 6.07) is 4.26. The Morgan fingerprint density at radius 1 is 1.67 bits per heavy atom. The van der Waals surface area contributed by atoms with Gasteiger partial charge in [-0.05, 0) is 49.3 Å². The van der Waals surface area contributed by atoms with Gasteiger partial charge >= 0.3 is 0 Å². The van der Waals surface area contributed by atoms with Gasteiger partial charge in [-0.1, -0.05) is 6.07 Å². The number of hydrogen-bond donors (Lipinski definition) is 2. The normalized spacial score (nSPS) is 15.9. The molecule has 112 valence electrons. The second-order valence-corrected chi connectivity index (χ2v) is 6.76. The number of carbonyl (C=O) groups excluding carboxylic acids is 1. The first-order valence-corrected chi connectivity index (χ1v) is 8.42. The summed E-state index contributed by atoms with van der Waals surface area (Å²) in [6.07, 6.45) is 2.89. The van der Waals surface area contributed by atoms with Crippen molar-refractivity contribution in [1.82, 2.24) is 20.1 Å². The Morgan fingerprint density at radius 2 is 2.48 bits per heavy atom. The summed E-state index contributed by atoms with van der Waals surface area (Å²) in [5.41, 5.74) is 0. The molecule has 1 aliphatic carbocycles. The van der Waals surface area contributed by atoms with E-state index in [1.807, 2.05) is 22.1 Å². The van der Waals surface area contributed by atoms with Crippen molar-refractivity contribution < 1.29 is 4.79 Å². The Bertz CT molecular complexity index is 669. The third-order valence-electron chi connectivity index (χ3n) is 3.78. The third-order valence-corrected chi connectivity index (χ3v) is 4.96. The lowest BCUT2D eigenvalue weighted by Gasteiger charge is -2.13. The topological polar surface area (TPSA) is 62.7 Å². The van der Waals surface area contributed by atoms with Gasteiger partial charge in [-0.2, -0.15) is 5.10 Å². The largest absolute Gasteiger partial charge is 0.353 e. The van der Waals surface area contributed by atoms with Gasteiger partial charge in [-0.15, -0.1) is 11.3 Å². The first-order valence-electron chi connectivity index (χ1n) is 7.13. The van der Waals surface area contributed by atoms with Crippen LogP contribution in [0.4, 0.5) is 0 Å². The van der Waals surface area contributed by atoms with E-state index in [9.17, 15) is 4.79 Å². The van der Waals surface area contributed by atoms with Crippen molar-refractivity contribution >= 4 is 29.5 Å². The van der Waals surface area contributed by atoms with Gasteiger partial charge in [0.25, 0.3) is 0 Å². The standard InChI is InChI=1S/C14H18N4OS2/c1-9(10-4-5-10)15-12(19)6-7-18-13(16-17-14(18)20)11-3-2-8-21-11/h2-3,8-10H,4-7H2,1H3,(H,15,19)(H,17,20). The van der Waals surface area contributed by atoms with Crippen molar-refractivity contribution in [2.45, 2.75) is 38.8 Å². The van der Waals surface area contributed by atoms with E-state index in [0.29, 0.717) is 23.7 Å².